The molecule has 1 aliphatic heterocycles. The first-order chi connectivity index (χ1) is 14.7. The fourth-order valence-electron chi connectivity index (χ4n) is 9.99. The molecule has 31 heavy (non-hydrogen) atoms. The Labute approximate surface area is 191 Å². The van der Waals surface area contributed by atoms with Crippen molar-refractivity contribution < 1.29 is 9.84 Å². The third-order valence-corrected chi connectivity index (χ3v) is 11.8. The molecule has 1 heterocycles. The Kier molecular flexibility index (Phi) is 5.50. The van der Waals surface area contributed by atoms with Crippen molar-refractivity contribution in [2.24, 2.45) is 46.3 Å². The Balaban J connectivity index is 1.32. The highest BCUT2D eigenvalue weighted by Gasteiger charge is 2.76. The minimum Gasteiger partial charge on any atom is -0.393 e. The number of ether oxygens (including phenoxy) is 1. The lowest BCUT2D eigenvalue weighted by molar-refractivity contribution is -0.116. The number of allylic oxidation sites excluding steroid dienone is 2. The van der Waals surface area contributed by atoms with Gasteiger partial charge in [0.15, 0.2) is 0 Å². The zero-order valence-electron chi connectivity index (χ0n) is 21.1. The lowest BCUT2D eigenvalue weighted by Crippen LogP contribution is -2.58. The van der Waals surface area contributed by atoms with Crippen molar-refractivity contribution >= 4 is 0 Å². The predicted octanol–water partition coefficient (Wildman–Crippen LogP) is 7.16. The van der Waals surface area contributed by atoms with E-state index in [1.165, 1.54) is 51.4 Å². The van der Waals surface area contributed by atoms with Crippen LogP contribution in [0.3, 0.4) is 0 Å². The second-order valence-electron chi connectivity index (χ2n) is 13.2. The van der Waals surface area contributed by atoms with Crippen LogP contribution < -0.4 is 0 Å². The molecule has 5 aliphatic rings. The zero-order chi connectivity index (χ0) is 22.2. The highest BCUT2D eigenvalue weighted by atomic mass is 16.6. The molecule has 5 fully saturated rings. The molecule has 2 heteroatoms. The highest BCUT2D eigenvalue weighted by Crippen LogP contribution is 2.74. The Hall–Kier alpha value is -0.340. The van der Waals surface area contributed by atoms with Gasteiger partial charge in [-0.15, -0.1) is 0 Å². The Morgan fingerprint density at radius 2 is 1.84 bits per heavy atom. The SMILES string of the molecule is C/C=C(/CC[C@@H](C)C1CCC2C3C[C@H]4O[C@]45C[C@@H](O)CC[C@]5(C)C3CC[C@@]21C)C(C)C. The smallest absolute Gasteiger partial charge is 0.103 e. The summed E-state index contributed by atoms with van der Waals surface area (Å²) in [6, 6.07) is 0. The van der Waals surface area contributed by atoms with E-state index in [1.807, 2.05) is 0 Å². The minimum absolute atomic E-state index is 0.0323. The van der Waals surface area contributed by atoms with Gasteiger partial charge in [0, 0.05) is 11.8 Å². The fraction of sp³-hybridized carbons (Fsp3) is 0.931. The molecule has 0 radical (unpaired) electrons. The molecule has 1 spiro atoms. The average molecular weight is 429 g/mol. The van der Waals surface area contributed by atoms with Crippen LogP contribution in [-0.4, -0.2) is 22.9 Å². The first-order valence-corrected chi connectivity index (χ1v) is 13.7. The molecule has 1 N–H and O–H groups in total. The van der Waals surface area contributed by atoms with Crippen LogP contribution in [0, 0.1) is 46.3 Å². The first-order valence-electron chi connectivity index (χ1n) is 13.7. The summed E-state index contributed by atoms with van der Waals surface area (Å²) < 4.78 is 6.52. The summed E-state index contributed by atoms with van der Waals surface area (Å²) in [5.41, 5.74) is 2.53. The number of epoxide rings is 1. The Bertz CT molecular complexity index is 726. The van der Waals surface area contributed by atoms with E-state index in [2.05, 4.69) is 47.6 Å². The molecule has 0 aromatic heterocycles. The van der Waals surface area contributed by atoms with Crippen molar-refractivity contribution in [2.75, 3.05) is 0 Å². The molecule has 4 unspecified atom stereocenters. The minimum atomic E-state index is -0.131. The molecule has 0 aromatic carbocycles. The quantitative estimate of drug-likeness (QED) is 0.372. The lowest BCUT2D eigenvalue weighted by atomic mass is 9.44. The maximum atomic E-state index is 10.4. The van der Waals surface area contributed by atoms with Crippen LogP contribution in [0.15, 0.2) is 11.6 Å². The van der Waals surface area contributed by atoms with Crippen LogP contribution in [0.1, 0.15) is 106 Å². The highest BCUT2D eigenvalue weighted by molar-refractivity contribution is 5.24. The van der Waals surface area contributed by atoms with Crippen LogP contribution in [-0.2, 0) is 4.74 Å². The summed E-state index contributed by atoms with van der Waals surface area (Å²) in [5, 5.41) is 10.4. The number of fused-ring (bicyclic) bond motifs is 4. The maximum Gasteiger partial charge on any atom is 0.103 e. The lowest BCUT2D eigenvalue weighted by Gasteiger charge is -2.59. The third-order valence-electron chi connectivity index (χ3n) is 11.8. The summed E-state index contributed by atoms with van der Waals surface area (Å²) in [6.45, 7) is 14.7. The molecule has 176 valence electrons. The van der Waals surface area contributed by atoms with Crippen molar-refractivity contribution in [3.05, 3.63) is 11.6 Å². The molecule has 4 aliphatic carbocycles. The van der Waals surface area contributed by atoms with Gasteiger partial charge in [0.1, 0.15) is 5.60 Å². The summed E-state index contributed by atoms with van der Waals surface area (Å²) in [6.07, 6.45) is 15.4. The van der Waals surface area contributed by atoms with E-state index in [4.69, 9.17) is 4.74 Å². The van der Waals surface area contributed by atoms with Gasteiger partial charge in [0.05, 0.1) is 12.2 Å². The van der Waals surface area contributed by atoms with E-state index in [1.54, 1.807) is 5.57 Å². The van der Waals surface area contributed by atoms with E-state index in [9.17, 15) is 5.11 Å². The number of hydrogen-bond donors (Lipinski definition) is 1. The van der Waals surface area contributed by atoms with E-state index in [-0.39, 0.29) is 11.7 Å². The molecular formula is C29H48O2. The van der Waals surface area contributed by atoms with Gasteiger partial charge in [-0.25, -0.2) is 0 Å². The second kappa shape index (κ2) is 7.59. The molecule has 5 rings (SSSR count). The summed E-state index contributed by atoms with van der Waals surface area (Å²) in [4.78, 5) is 0. The summed E-state index contributed by atoms with van der Waals surface area (Å²) in [5.74, 6) is 5.00. The standard InChI is InChI=1S/C29H48O2/c1-7-20(18(2)3)9-8-19(4)23-10-11-24-22-16-26-29(31-26)17-21(30)12-15-28(29,6)25(22)13-14-27(23,24)5/h7,18-19,21-26,30H,8-17H2,1-6H3/b20-7-/t19-,21+,22?,23?,24?,25?,26-,27-,28-,29-/m1/s1. The molecule has 0 bridgehead atoms. The van der Waals surface area contributed by atoms with E-state index >= 15 is 0 Å². The average Bonchev–Trinajstić information content (AvgIpc) is 3.29. The van der Waals surface area contributed by atoms with Crippen LogP contribution in [0.5, 0.6) is 0 Å². The molecule has 4 saturated carbocycles. The summed E-state index contributed by atoms with van der Waals surface area (Å²) >= 11 is 0. The number of aliphatic hydroxyl groups excluding tert-OH is 1. The van der Waals surface area contributed by atoms with E-state index in [0.29, 0.717) is 22.9 Å². The normalized spacial score (nSPS) is 52.2. The zero-order valence-corrected chi connectivity index (χ0v) is 21.1. The molecule has 2 nitrogen and oxygen atoms in total. The monoisotopic (exact) mass is 428 g/mol. The largest absolute Gasteiger partial charge is 0.393 e. The molecule has 0 amide bonds. The Morgan fingerprint density at radius 1 is 1.06 bits per heavy atom. The van der Waals surface area contributed by atoms with Gasteiger partial charge in [0.2, 0.25) is 0 Å². The molecular weight excluding hydrogens is 380 g/mol. The van der Waals surface area contributed by atoms with Crippen molar-refractivity contribution in [2.45, 2.75) is 124 Å². The number of hydrogen-bond acceptors (Lipinski definition) is 2. The topological polar surface area (TPSA) is 32.8 Å². The van der Waals surface area contributed by atoms with Gasteiger partial charge in [-0.3, -0.25) is 0 Å². The van der Waals surface area contributed by atoms with Gasteiger partial charge in [-0.2, -0.15) is 0 Å². The van der Waals surface area contributed by atoms with Gasteiger partial charge >= 0.3 is 0 Å². The number of aliphatic hydroxyl groups is 1. The van der Waals surface area contributed by atoms with Crippen LogP contribution in [0.2, 0.25) is 0 Å². The van der Waals surface area contributed by atoms with Crippen molar-refractivity contribution in [3.8, 4) is 0 Å². The Morgan fingerprint density at radius 3 is 2.55 bits per heavy atom. The molecule has 0 aromatic rings. The van der Waals surface area contributed by atoms with Gasteiger partial charge in [-0.05, 0) is 106 Å². The molecule has 1 saturated heterocycles. The molecule has 10 atom stereocenters. The third kappa shape index (κ3) is 3.17. The second-order valence-corrected chi connectivity index (χ2v) is 13.2. The van der Waals surface area contributed by atoms with Crippen LogP contribution in [0.25, 0.3) is 0 Å². The van der Waals surface area contributed by atoms with Crippen molar-refractivity contribution in [1.29, 1.82) is 0 Å². The van der Waals surface area contributed by atoms with Crippen molar-refractivity contribution in [3.63, 3.8) is 0 Å². The van der Waals surface area contributed by atoms with Gasteiger partial charge in [0.25, 0.3) is 0 Å². The maximum absolute atomic E-state index is 10.4. The van der Waals surface area contributed by atoms with E-state index in [0.717, 1.165) is 42.4 Å². The van der Waals surface area contributed by atoms with E-state index < -0.39 is 0 Å². The van der Waals surface area contributed by atoms with Crippen LogP contribution >= 0.6 is 0 Å². The van der Waals surface area contributed by atoms with Gasteiger partial charge < -0.3 is 9.84 Å². The number of rotatable bonds is 5. The summed E-state index contributed by atoms with van der Waals surface area (Å²) in [7, 11) is 0. The fourth-order valence-corrected chi connectivity index (χ4v) is 9.99. The predicted molar refractivity (Wildman–Crippen MR) is 128 cm³/mol. The van der Waals surface area contributed by atoms with Crippen LogP contribution in [0.4, 0.5) is 0 Å². The first kappa shape index (κ1) is 22.5. The van der Waals surface area contributed by atoms with Gasteiger partial charge in [-0.1, -0.05) is 46.3 Å². The van der Waals surface area contributed by atoms with Crippen molar-refractivity contribution in [1.82, 2.24) is 0 Å².